The zero-order chi connectivity index (χ0) is 14.5. The van der Waals surface area contributed by atoms with Gasteiger partial charge in [-0.1, -0.05) is 12.1 Å². The first-order chi connectivity index (χ1) is 9.61. The van der Waals surface area contributed by atoms with Gasteiger partial charge in [0.25, 0.3) is 5.91 Å². The number of carbonyl (C=O) groups excluding carboxylic acids is 1. The van der Waals surface area contributed by atoms with Gasteiger partial charge in [0, 0.05) is 6.20 Å². The average Bonchev–Trinajstić information content (AvgIpc) is 2.47. The van der Waals surface area contributed by atoms with E-state index in [1.54, 1.807) is 30.3 Å². The van der Waals surface area contributed by atoms with E-state index in [1.165, 1.54) is 12.3 Å². The van der Waals surface area contributed by atoms with Gasteiger partial charge in [0.1, 0.15) is 5.75 Å². The Morgan fingerprint density at radius 1 is 1.35 bits per heavy atom. The van der Waals surface area contributed by atoms with Crippen molar-refractivity contribution in [3.63, 3.8) is 0 Å². The zero-order valence-corrected chi connectivity index (χ0v) is 10.9. The molecule has 2 aromatic rings. The van der Waals surface area contributed by atoms with Gasteiger partial charge in [-0.25, -0.2) is 4.98 Å². The summed E-state index contributed by atoms with van der Waals surface area (Å²) >= 11 is 0. The summed E-state index contributed by atoms with van der Waals surface area (Å²) in [5.74, 6) is -0.600. The Kier molecular flexibility index (Phi) is 3.96. The molecule has 2 rings (SSSR count). The summed E-state index contributed by atoms with van der Waals surface area (Å²) in [7, 11) is 0. The summed E-state index contributed by atoms with van der Waals surface area (Å²) in [4.78, 5) is 15.8. The predicted molar refractivity (Wildman–Crippen MR) is 72.9 cm³/mol. The molecule has 100 valence electrons. The van der Waals surface area contributed by atoms with E-state index in [0.717, 1.165) is 5.56 Å². The van der Waals surface area contributed by atoms with E-state index in [4.69, 9.17) is 5.26 Å². The molecule has 0 spiro atoms. The van der Waals surface area contributed by atoms with Gasteiger partial charge in [-0.05, 0) is 36.8 Å². The van der Waals surface area contributed by atoms with Crippen molar-refractivity contribution in [3.05, 3.63) is 59.4 Å². The fourth-order valence-electron chi connectivity index (χ4n) is 1.77. The minimum atomic E-state index is -0.444. The highest BCUT2D eigenvalue weighted by atomic mass is 16.3. The Balaban J connectivity index is 2.11. The molecule has 1 aromatic carbocycles. The lowest BCUT2D eigenvalue weighted by atomic mass is 10.1. The van der Waals surface area contributed by atoms with E-state index in [2.05, 4.69) is 10.3 Å². The van der Waals surface area contributed by atoms with Crippen LogP contribution in [0.2, 0.25) is 0 Å². The van der Waals surface area contributed by atoms with Gasteiger partial charge in [0.15, 0.2) is 5.69 Å². The molecule has 0 aliphatic heterocycles. The van der Waals surface area contributed by atoms with Crippen molar-refractivity contribution in [3.8, 4) is 11.8 Å². The number of nitriles is 1. The molecule has 1 atom stereocenters. The second kappa shape index (κ2) is 5.85. The fourth-order valence-corrected chi connectivity index (χ4v) is 1.77. The summed E-state index contributed by atoms with van der Waals surface area (Å²) < 4.78 is 0. The first kappa shape index (κ1) is 13.6. The molecule has 1 amide bonds. The molecule has 2 N–H and O–H groups in total. The summed E-state index contributed by atoms with van der Waals surface area (Å²) in [6.07, 6.45) is 1.45. The number of aromatic hydroxyl groups is 1. The quantitative estimate of drug-likeness (QED) is 0.892. The van der Waals surface area contributed by atoms with Crippen molar-refractivity contribution >= 4 is 5.91 Å². The Morgan fingerprint density at radius 2 is 2.05 bits per heavy atom. The van der Waals surface area contributed by atoms with Crippen LogP contribution in [0.25, 0.3) is 0 Å². The summed E-state index contributed by atoms with van der Waals surface area (Å²) in [6, 6.07) is 11.7. The van der Waals surface area contributed by atoms with Gasteiger partial charge in [0.2, 0.25) is 0 Å². The van der Waals surface area contributed by atoms with Crippen LogP contribution in [0.15, 0.2) is 42.6 Å². The molecular formula is C15H13N3O2. The van der Waals surface area contributed by atoms with E-state index < -0.39 is 5.91 Å². The molecule has 5 heteroatoms. The summed E-state index contributed by atoms with van der Waals surface area (Å²) in [6.45, 7) is 1.82. The lowest BCUT2D eigenvalue weighted by molar-refractivity contribution is 0.0932. The minimum absolute atomic E-state index is 0.00649. The van der Waals surface area contributed by atoms with E-state index in [9.17, 15) is 9.90 Å². The molecule has 1 heterocycles. The second-order valence-corrected chi connectivity index (χ2v) is 4.30. The number of aromatic nitrogens is 1. The molecule has 0 fully saturated rings. The lowest BCUT2D eigenvalue weighted by Crippen LogP contribution is -2.27. The molecule has 1 unspecified atom stereocenters. The maximum Gasteiger partial charge on any atom is 0.274 e. The molecule has 5 nitrogen and oxygen atoms in total. The number of pyridine rings is 1. The van der Waals surface area contributed by atoms with Crippen LogP contribution in [0, 0.1) is 11.3 Å². The van der Waals surface area contributed by atoms with E-state index in [1.807, 2.05) is 13.0 Å². The molecule has 0 radical (unpaired) electrons. The number of hydrogen-bond donors (Lipinski definition) is 2. The fraction of sp³-hybridized carbons (Fsp3) is 0.133. The molecule has 1 aromatic heterocycles. The third kappa shape index (κ3) is 2.93. The van der Waals surface area contributed by atoms with Crippen molar-refractivity contribution < 1.29 is 9.90 Å². The third-order valence-electron chi connectivity index (χ3n) is 2.89. The number of rotatable bonds is 3. The van der Waals surface area contributed by atoms with Crippen molar-refractivity contribution in [1.82, 2.24) is 10.3 Å². The maximum absolute atomic E-state index is 12.0. The van der Waals surface area contributed by atoms with Crippen molar-refractivity contribution in [2.45, 2.75) is 13.0 Å². The van der Waals surface area contributed by atoms with Crippen LogP contribution in [0.4, 0.5) is 0 Å². The number of benzene rings is 1. The lowest BCUT2D eigenvalue weighted by Gasteiger charge is -2.14. The Bertz CT molecular complexity index is 660. The van der Waals surface area contributed by atoms with Crippen molar-refractivity contribution in [1.29, 1.82) is 5.26 Å². The van der Waals surface area contributed by atoms with E-state index >= 15 is 0 Å². The van der Waals surface area contributed by atoms with Gasteiger partial charge in [-0.15, -0.1) is 0 Å². The van der Waals surface area contributed by atoms with Crippen LogP contribution in [-0.2, 0) is 0 Å². The number of nitrogens with one attached hydrogen (secondary N) is 1. The van der Waals surface area contributed by atoms with Gasteiger partial charge in [-0.2, -0.15) is 5.26 Å². The highest BCUT2D eigenvalue weighted by Gasteiger charge is 2.15. The largest absolute Gasteiger partial charge is 0.505 e. The number of hydrogen-bond acceptors (Lipinski definition) is 4. The van der Waals surface area contributed by atoms with Crippen molar-refractivity contribution in [2.24, 2.45) is 0 Å². The summed E-state index contributed by atoms with van der Waals surface area (Å²) in [5.41, 5.74) is 1.43. The van der Waals surface area contributed by atoms with Gasteiger partial charge < -0.3 is 10.4 Å². The predicted octanol–water partition coefficient (Wildman–Crippen LogP) is 2.15. The normalized spacial score (nSPS) is 11.4. The third-order valence-corrected chi connectivity index (χ3v) is 2.89. The molecule has 0 bridgehead atoms. The topological polar surface area (TPSA) is 86.0 Å². The standard InChI is InChI=1S/C15H13N3O2/c1-10(12-6-4-11(9-16)5-7-12)18-15(20)14-13(19)3-2-8-17-14/h2-8,10,19H,1H3,(H,18,20). The van der Waals surface area contributed by atoms with Crippen LogP contribution < -0.4 is 5.32 Å². The second-order valence-electron chi connectivity index (χ2n) is 4.30. The van der Waals surface area contributed by atoms with Crippen LogP contribution in [0.3, 0.4) is 0 Å². The van der Waals surface area contributed by atoms with Crippen molar-refractivity contribution in [2.75, 3.05) is 0 Å². The first-order valence-electron chi connectivity index (χ1n) is 6.06. The van der Waals surface area contributed by atoms with Gasteiger partial charge in [0.05, 0.1) is 17.7 Å². The Labute approximate surface area is 116 Å². The van der Waals surface area contributed by atoms with E-state index in [-0.39, 0.29) is 17.5 Å². The maximum atomic E-state index is 12.0. The van der Waals surface area contributed by atoms with Crippen LogP contribution in [0.1, 0.15) is 34.6 Å². The van der Waals surface area contributed by atoms with E-state index in [0.29, 0.717) is 5.56 Å². The summed E-state index contributed by atoms with van der Waals surface area (Å²) in [5, 5.41) is 21.1. The highest BCUT2D eigenvalue weighted by molar-refractivity contribution is 5.94. The number of carbonyl (C=O) groups is 1. The average molecular weight is 267 g/mol. The molecule has 20 heavy (non-hydrogen) atoms. The molecular weight excluding hydrogens is 254 g/mol. The number of amides is 1. The number of nitrogens with zero attached hydrogens (tertiary/aromatic N) is 2. The van der Waals surface area contributed by atoms with Gasteiger partial charge in [-0.3, -0.25) is 4.79 Å². The Morgan fingerprint density at radius 3 is 2.65 bits per heavy atom. The molecule has 0 aliphatic carbocycles. The highest BCUT2D eigenvalue weighted by Crippen LogP contribution is 2.16. The van der Waals surface area contributed by atoms with Crippen LogP contribution in [-0.4, -0.2) is 16.0 Å². The Hall–Kier alpha value is -2.87. The first-order valence-corrected chi connectivity index (χ1v) is 6.06. The zero-order valence-electron chi connectivity index (χ0n) is 10.9. The smallest absolute Gasteiger partial charge is 0.274 e. The minimum Gasteiger partial charge on any atom is -0.505 e. The molecule has 0 saturated carbocycles. The van der Waals surface area contributed by atoms with Crippen LogP contribution in [0.5, 0.6) is 5.75 Å². The molecule has 0 aliphatic rings. The monoisotopic (exact) mass is 267 g/mol. The molecule has 0 saturated heterocycles. The SMILES string of the molecule is CC(NC(=O)c1ncccc1O)c1ccc(C#N)cc1. The van der Waals surface area contributed by atoms with Gasteiger partial charge >= 0.3 is 0 Å². The van der Waals surface area contributed by atoms with Crippen LogP contribution >= 0.6 is 0 Å².